The smallest absolute Gasteiger partial charge is 0.104 e. The van der Waals surface area contributed by atoms with Gasteiger partial charge in [0.15, 0.2) is 0 Å². The second-order valence-corrected chi connectivity index (χ2v) is 3.66. The first-order valence-corrected chi connectivity index (χ1v) is 5.40. The van der Waals surface area contributed by atoms with Gasteiger partial charge in [-0.2, -0.15) is 0 Å². The van der Waals surface area contributed by atoms with Gasteiger partial charge in [0.1, 0.15) is 6.10 Å². The maximum absolute atomic E-state index is 8.85. The van der Waals surface area contributed by atoms with E-state index in [0.717, 1.165) is 32.6 Å². The van der Waals surface area contributed by atoms with E-state index in [2.05, 4.69) is 12.2 Å². The van der Waals surface area contributed by atoms with Crippen LogP contribution in [-0.4, -0.2) is 50.2 Å². The van der Waals surface area contributed by atoms with E-state index in [-0.39, 0.29) is 18.8 Å². The summed E-state index contributed by atoms with van der Waals surface area (Å²) in [4.78, 5) is 0. The molecule has 0 spiro atoms. The minimum atomic E-state index is 0.214. The Balaban J connectivity index is 2.06. The molecule has 1 rings (SSSR count). The zero-order chi connectivity index (χ0) is 10.2. The second-order valence-electron chi connectivity index (χ2n) is 3.66. The van der Waals surface area contributed by atoms with Crippen LogP contribution in [0.15, 0.2) is 0 Å². The van der Waals surface area contributed by atoms with Gasteiger partial charge < -0.3 is 19.9 Å². The Morgan fingerprint density at radius 2 is 2.36 bits per heavy atom. The van der Waals surface area contributed by atoms with E-state index in [1.807, 2.05) is 0 Å². The molecule has 2 N–H and O–H groups in total. The van der Waals surface area contributed by atoms with E-state index in [4.69, 9.17) is 14.6 Å². The molecule has 0 radical (unpaired) electrons. The molecule has 0 aromatic heterocycles. The van der Waals surface area contributed by atoms with Gasteiger partial charge in [-0.05, 0) is 19.4 Å². The molecule has 1 atom stereocenters. The van der Waals surface area contributed by atoms with Crippen LogP contribution in [0.4, 0.5) is 0 Å². The average Bonchev–Trinajstić information content (AvgIpc) is 2.11. The minimum Gasteiger partial charge on any atom is -0.396 e. The first-order chi connectivity index (χ1) is 6.86. The van der Waals surface area contributed by atoms with Gasteiger partial charge in [0.05, 0.1) is 19.8 Å². The zero-order valence-corrected chi connectivity index (χ0v) is 8.87. The van der Waals surface area contributed by atoms with Crippen LogP contribution in [-0.2, 0) is 9.47 Å². The summed E-state index contributed by atoms with van der Waals surface area (Å²) in [5.41, 5.74) is 0. The molecule has 0 aromatic rings. The number of ether oxygens (including phenoxy) is 2. The molecule has 0 aromatic carbocycles. The normalized spacial score (nSPS) is 19.3. The number of rotatable bonds is 8. The van der Waals surface area contributed by atoms with Crippen LogP contribution in [0.5, 0.6) is 0 Å². The molecular formula is C10H21NO3. The van der Waals surface area contributed by atoms with E-state index in [9.17, 15) is 0 Å². The predicted octanol–water partition coefficient (Wildman–Crippen LogP) is 0.152. The Morgan fingerprint density at radius 3 is 2.86 bits per heavy atom. The summed E-state index contributed by atoms with van der Waals surface area (Å²) in [6.07, 6.45) is 2.14. The molecule has 1 saturated heterocycles. The summed E-state index contributed by atoms with van der Waals surface area (Å²) in [6.45, 7) is 5.44. The highest BCUT2D eigenvalue weighted by Gasteiger charge is 2.20. The maximum Gasteiger partial charge on any atom is 0.104 e. The van der Waals surface area contributed by atoms with Crippen molar-refractivity contribution in [2.45, 2.75) is 31.9 Å². The first kappa shape index (κ1) is 11.9. The van der Waals surface area contributed by atoms with Crippen LogP contribution >= 0.6 is 0 Å². The SMILES string of the molecule is CCCNC(CCO)COC1COC1. The van der Waals surface area contributed by atoms with Gasteiger partial charge >= 0.3 is 0 Å². The van der Waals surface area contributed by atoms with E-state index in [1.165, 1.54) is 0 Å². The van der Waals surface area contributed by atoms with Gasteiger partial charge in [0.25, 0.3) is 0 Å². The third-order valence-corrected chi connectivity index (χ3v) is 2.30. The Labute approximate surface area is 85.6 Å². The van der Waals surface area contributed by atoms with Crippen LogP contribution in [0.2, 0.25) is 0 Å². The predicted molar refractivity (Wildman–Crippen MR) is 54.3 cm³/mol. The highest BCUT2D eigenvalue weighted by atomic mass is 16.6. The molecular weight excluding hydrogens is 182 g/mol. The summed E-state index contributed by atoms with van der Waals surface area (Å²) < 4.78 is 10.6. The quantitative estimate of drug-likeness (QED) is 0.590. The zero-order valence-electron chi connectivity index (χ0n) is 8.87. The van der Waals surface area contributed by atoms with Crippen LogP contribution < -0.4 is 5.32 Å². The molecule has 0 saturated carbocycles. The molecule has 0 bridgehead atoms. The number of aliphatic hydroxyl groups excluding tert-OH is 1. The summed E-state index contributed by atoms with van der Waals surface area (Å²) >= 11 is 0. The van der Waals surface area contributed by atoms with Gasteiger partial charge in [-0.15, -0.1) is 0 Å². The summed E-state index contributed by atoms with van der Waals surface area (Å²) in [6, 6.07) is 0.278. The van der Waals surface area contributed by atoms with Crippen LogP contribution in [0, 0.1) is 0 Å². The van der Waals surface area contributed by atoms with E-state index in [0.29, 0.717) is 6.61 Å². The van der Waals surface area contributed by atoms with Crippen molar-refractivity contribution in [3.8, 4) is 0 Å². The fourth-order valence-electron chi connectivity index (χ4n) is 1.31. The van der Waals surface area contributed by atoms with Crippen molar-refractivity contribution in [1.29, 1.82) is 0 Å². The van der Waals surface area contributed by atoms with Crippen molar-refractivity contribution in [2.75, 3.05) is 33.0 Å². The fourth-order valence-corrected chi connectivity index (χ4v) is 1.31. The monoisotopic (exact) mass is 203 g/mol. The molecule has 1 unspecified atom stereocenters. The lowest BCUT2D eigenvalue weighted by Gasteiger charge is -2.28. The highest BCUT2D eigenvalue weighted by molar-refractivity contribution is 4.69. The molecule has 1 aliphatic rings. The maximum atomic E-state index is 8.85. The lowest BCUT2D eigenvalue weighted by molar-refractivity contribution is -0.133. The van der Waals surface area contributed by atoms with Gasteiger partial charge in [-0.3, -0.25) is 0 Å². The van der Waals surface area contributed by atoms with E-state index >= 15 is 0 Å². The Bertz CT molecular complexity index is 139. The topological polar surface area (TPSA) is 50.7 Å². The molecule has 0 aliphatic carbocycles. The third-order valence-electron chi connectivity index (χ3n) is 2.30. The highest BCUT2D eigenvalue weighted by Crippen LogP contribution is 2.06. The summed E-state index contributed by atoms with van der Waals surface area (Å²) in [5, 5.41) is 12.2. The van der Waals surface area contributed by atoms with Crippen molar-refractivity contribution in [3.63, 3.8) is 0 Å². The molecule has 14 heavy (non-hydrogen) atoms. The van der Waals surface area contributed by atoms with Gasteiger partial charge in [-0.25, -0.2) is 0 Å². The lowest BCUT2D eigenvalue weighted by Crippen LogP contribution is -2.41. The average molecular weight is 203 g/mol. The van der Waals surface area contributed by atoms with Crippen LogP contribution in [0.3, 0.4) is 0 Å². The molecule has 4 heteroatoms. The van der Waals surface area contributed by atoms with E-state index < -0.39 is 0 Å². The van der Waals surface area contributed by atoms with Crippen molar-refractivity contribution >= 4 is 0 Å². The van der Waals surface area contributed by atoms with Crippen molar-refractivity contribution in [2.24, 2.45) is 0 Å². The van der Waals surface area contributed by atoms with Crippen molar-refractivity contribution < 1.29 is 14.6 Å². The van der Waals surface area contributed by atoms with Crippen molar-refractivity contribution in [3.05, 3.63) is 0 Å². The molecule has 1 heterocycles. The largest absolute Gasteiger partial charge is 0.396 e. The van der Waals surface area contributed by atoms with E-state index in [1.54, 1.807) is 0 Å². The molecule has 1 aliphatic heterocycles. The Kier molecular flexibility index (Phi) is 6.10. The number of hydrogen-bond acceptors (Lipinski definition) is 4. The molecule has 84 valence electrons. The lowest BCUT2D eigenvalue weighted by atomic mass is 10.2. The van der Waals surface area contributed by atoms with Gasteiger partial charge in [-0.1, -0.05) is 6.92 Å². The van der Waals surface area contributed by atoms with Crippen LogP contribution in [0.25, 0.3) is 0 Å². The fraction of sp³-hybridized carbons (Fsp3) is 1.00. The second kappa shape index (κ2) is 7.17. The van der Waals surface area contributed by atoms with Gasteiger partial charge in [0.2, 0.25) is 0 Å². The summed E-state index contributed by atoms with van der Waals surface area (Å²) in [5.74, 6) is 0. The first-order valence-electron chi connectivity index (χ1n) is 5.40. The minimum absolute atomic E-state index is 0.214. The summed E-state index contributed by atoms with van der Waals surface area (Å²) in [7, 11) is 0. The third kappa shape index (κ3) is 4.37. The molecule has 4 nitrogen and oxygen atoms in total. The molecule has 0 amide bonds. The number of nitrogens with one attached hydrogen (secondary N) is 1. The van der Waals surface area contributed by atoms with Gasteiger partial charge in [0, 0.05) is 12.6 Å². The standard InChI is InChI=1S/C10H21NO3/c1-2-4-11-9(3-5-12)6-14-10-7-13-8-10/h9-12H,2-8H2,1H3. The Morgan fingerprint density at radius 1 is 1.57 bits per heavy atom. The Hall–Kier alpha value is -0.160. The van der Waals surface area contributed by atoms with Crippen LogP contribution in [0.1, 0.15) is 19.8 Å². The molecule has 1 fully saturated rings. The van der Waals surface area contributed by atoms with Crippen molar-refractivity contribution in [1.82, 2.24) is 5.32 Å². The number of hydrogen-bond donors (Lipinski definition) is 2. The number of aliphatic hydroxyl groups is 1.